The molecule has 3 rings (SSSR count). The second-order valence-electron chi connectivity index (χ2n) is 4.41. The number of nitrogens with zero attached hydrogens (tertiary/aromatic N) is 2. The lowest BCUT2D eigenvalue weighted by Crippen LogP contribution is -2.11. The van der Waals surface area contributed by atoms with E-state index < -0.39 is 0 Å². The van der Waals surface area contributed by atoms with Gasteiger partial charge in [-0.05, 0) is 46.6 Å². The standard InChI is InChI=1S/C14H13BrN2O2/c1-2-17-13(11(15)8-16-17)14(18)10-3-4-12-9(7-10)5-6-19-12/h3-4,7-8H,2,5-6H2,1H3. The van der Waals surface area contributed by atoms with E-state index in [2.05, 4.69) is 21.0 Å². The van der Waals surface area contributed by atoms with Crippen molar-refractivity contribution in [2.45, 2.75) is 19.9 Å². The molecule has 98 valence electrons. The quantitative estimate of drug-likeness (QED) is 0.817. The second-order valence-corrected chi connectivity index (χ2v) is 5.26. The Morgan fingerprint density at radius 3 is 3.16 bits per heavy atom. The molecule has 1 aromatic carbocycles. The van der Waals surface area contributed by atoms with Crippen molar-refractivity contribution in [2.24, 2.45) is 0 Å². The molecule has 0 spiro atoms. The maximum Gasteiger partial charge on any atom is 0.212 e. The molecule has 0 unspecified atom stereocenters. The molecule has 0 N–H and O–H groups in total. The number of hydrogen-bond acceptors (Lipinski definition) is 3. The number of aryl methyl sites for hydroxylation is 1. The Kier molecular flexibility index (Phi) is 3.14. The van der Waals surface area contributed by atoms with E-state index >= 15 is 0 Å². The molecule has 0 saturated carbocycles. The van der Waals surface area contributed by atoms with E-state index in [9.17, 15) is 4.79 Å². The highest BCUT2D eigenvalue weighted by Gasteiger charge is 2.20. The van der Waals surface area contributed by atoms with Gasteiger partial charge in [0.15, 0.2) is 0 Å². The number of rotatable bonds is 3. The molecule has 2 heterocycles. The van der Waals surface area contributed by atoms with Gasteiger partial charge in [-0.3, -0.25) is 9.48 Å². The van der Waals surface area contributed by atoms with Crippen LogP contribution in [0, 0.1) is 0 Å². The molecule has 0 bridgehead atoms. The summed E-state index contributed by atoms with van der Waals surface area (Å²) in [6, 6.07) is 5.60. The second kappa shape index (κ2) is 4.81. The highest BCUT2D eigenvalue weighted by molar-refractivity contribution is 9.10. The number of aromatic nitrogens is 2. The van der Waals surface area contributed by atoms with Crippen molar-refractivity contribution in [3.63, 3.8) is 0 Å². The molecule has 0 atom stereocenters. The van der Waals surface area contributed by atoms with Gasteiger partial charge in [-0.15, -0.1) is 0 Å². The van der Waals surface area contributed by atoms with Gasteiger partial charge in [-0.25, -0.2) is 0 Å². The Morgan fingerprint density at radius 2 is 2.37 bits per heavy atom. The molecular weight excluding hydrogens is 308 g/mol. The third-order valence-corrected chi connectivity index (χ3v) is 3.84. The van der Waals surface area contributed by atoms with Crippen molar-refractivity contribution in [3.05, 3.63) is 45.7 Å². The lowest BCUT2D eigenvalue weighted by Gasteiger charge is -2.06. The smallest absolute Gasteiger partial charge is 0.212 e. The monoisotopic (exact) mass is 320 g/mol. The summed E-state index contributed by atoms with van der Waals surface area (Å²) in [5.74, 6) is 0.875. The minimum Gasteiger partial charge on any atom is -0.493 e. The van der Waals surface area contributed by atoms with Gasteiger partial charge >= 0.3 is 0 Å². The van der Waals surface area contributed by atoms with Crippen molar-refractivity contribution in [1.29, 1.82) is 0 Å². The van der Waals surface area contributed by atoms with E-state index in [1.807, 2.05) is 25.1 Å². The van der Waals surface area contributed by atoms with Gasteiger partial charge in [0.1, 0.15) is 11.4 Å². The largest absolute Gasteiger partial charge is 0.493 e. The van der Waals surface area contributed by atoms with E-state index in [1.54, 1.807) is 10.9 Å². The fraction of sp³-hybridized carbons (Fsp3) is 0.286. The first-order valence-electron chi connectivity index (χ1n) is 6.22. The zero-order valence-corrected chi connectivity index (χ0v) is 12.1. The van der Waals surface area contributed by atoms with Crippen LogP contribution in [0.1, 0.15) is 28.5 Å². The average Bonchev–Trinajstić information content (AvgIpc) is 3.02. The Bertz CT molecular complexity index is 649. The van der Waals surface area contributed by atoms with E-state index in [-0.39, 0.29) is 5.78 Å². The molecule has 4 nitrogen and oxygen atoms in total. The van der Waals surface area contributed by atoms with Crippen LogP contribution in [0.5, 0.6) is 5.75 Å². The summed E-state index contributed by atoms with van der Waals surface area (Å²) in [5, 5.41) is 4.18. The van der Waals surface area contributed by atoms with Crippen LogP contribution in [0.2, 0.25) is 0 Å². The van der Waals surface area contributed by atoms with Gasteiger partial charge in [-0.1, -0.05) is 0 Å². The minimum absolute atomic E-state index is 0.0130. The Labute approximate surface area is 119 Å². The SMILES string of the molecule is CCn1ncc(Br)c1C(=O)c1ccc2c(c1)CCO2. The molecule has 0 aliphatic carbocycles. The van der Waals surface area contributed by atoms with Crippen LogP contribution in [0.3, 0.4) is 0 Å². The van der Waals surface area contributed by atoms with E-state index in [0.29, 0.717) is 24.4 Å². The predicted molar refractivity (Wildman–Crippen MR) is 74.7 cm³/mol. The molecule has 2 aromatic rings. The summed E-state index contributed by atoms with van der Waals surface area (Å²) < 4.78 is 7.89. The Balaban J connectivity index is 2.02. The summed E-state index contributed by atoms with van der Waals surface area (Å²) in [6.45, 7) is 3.33. The zero-order chi connectivity index (χ0) is 13.4. The van der Waals surface area contributed by atoms with Gasteiger partial charge in [0.25, 0.3) is 0 Å². The van der Waals surface area contributed by atoms with Gasteiger partial charge in [0.2, 0.25) is 5.78 Å². The maximum absolute atomic E-state index is 12.6. The number of benzene rings is 1. The van der Waals surface area contributed by atoms with Crippen LogP contribution in [0.4, 0.5) is 0 Å². The first kappa shape index (κ1) is 12.4. The fourth-order valence-corrected chi connectivity index (χ4v) is 2.77. The molecule has 19 heavy (non-hydrogen) atoms. The molecule has 0 saturated heterocycles. The predicted octanol–water partition coefficient (Wildman–Crippen LogP) is 2.83. The summed E-state index contributed by atoms with van der Waals surface area (Å²) in [5.41, 5.74) is 2.38. The van der Waals surface area contributed by atoms with Crippen LogP contribution in [-0.2, 0) is 13.0 Å². The molecule has 1 aromatic heterocycles. The number of fused-ring (bicyclic) bond motifs is 1. The maximum atomic E-state index is 12.6. The lowest BCUT2D eigenvalue weighted by molar-refractivity contribution is 0.102. The van der Waals surface area contributed by atoms with Crippen LogP contribution in [0.25, 0.3) is 0 Å². The first-order chi connectivity index (χ1) is 9.20. The van der Waals surface area contributed by atoms with Crippen molar-refractivity contribution in [1.82, 2.24) is 9.78 Å². The number of ketones is 1. The van der Waals surface area contributed by atoms with Crippen LogP contribution in [0.15, 0.2) is 28.9 Å². The van der Waals surface area contributed by atoms with Crippen molar-refractivity contribution < 1.29 is 9.53 Å². The van der Waals surface area contributed by atoms with Gasteiger partial charge in [-0.2, -0.15) is 5.10 Å². The summed E-state index contributed by atoms with van der Waals surface area (Å²) in [4.78, 5) is 12.6. The lowest BCUT2D eigenvalue weighted by atomic mass is 10.0. The van der Waals surface area contributed by atoms with Gasteiger partial charge in [0, 0.05) is 18.5 Å². The summed E-state index contributed by atoms with van der Waals surface area (Å²) >= 11 is 3.39. The van der Waals surface area contributed by atoms with Crippen molar-refractivity contribution in [3.8, 4) is 5.75 Å². The van der Waals surface area contributed by atoms with Crippen LogP contribution < -0.4 is 4.74 Å². The Morgan fingerprint density at radius 1 is 1.53 bits per heavy atom. The van der Waals surface area contributed by atoms with Gasteiger partial charge in [0.05, 0.1) is 17.3 Å². The average molecular weight is 321 g/mol. The third kappa shape index (κ3) is 2.08. The Hall–Kier alpha value is -1.62. The van der Waals surface area contributed by atoms with Crippen molar-refractivity contribution >= 4 is 21.7 Å². The van der Waals surface area contributed by atoms with E-state index in [0.717, 1.165) is 22.2 Å². The highest BCUT2D eigenvalue weighted by atomic mass is 79.9. The minimum atomic E-state index is -0.0130. The number of ether oxygens (including phenoxy) is 1. The molecular formula is C14H13BrN2O2. The van der Waals surface area contributed by atoms with E-state index in [4.69, 9.17) is 4.74 Å². The topological polar surface area (TPSA) is 44.1 Å². The first-order valence-corrected chi connectivity index (χ1v) is 7.01. The van der Waals surface area contributed by atoms with Crippen molar-refractivity contribution in [2.75, 3.05) is 6.61 Å². The third-order valence-electron chi connectivity index (χ3n) is 3.26. The fourth-order valence-electron chi connectivity index (χ4n) is 2.29. The van der Waals surface area contributed by atoms with Crippen LogP contribution >= 0.6 is 15.9 Å². The number of hydrogen-bond donors (Lipinski definition) is 0. The van der Waals surface area contributed by atoms with Crippen LogP contribution in [-0.4, -0.2) is 22.2 Å². The molecule has 1 aliphatic rings. The zero-order valence-electron chi connectivity index (χ0n) is 10.5. The summed E-state index contributed by atoms with van der Waals surface area (Å²) in [6.07, 6.45) is 2.53. The molecule has 5 heteroatoms. The summed E-state index contributed by atoms with van der Waals surface area (Å²) in [7, 11) is 0. The molecule has 0 amide bonds. The molecule has 0 fully saturated rings. The number of carbonyl (C=O) groups is 1. The molecule has 1 aliphatic heterocycles. The van der Waals surface area contributed by atoms with E-state index in [1.165, 1.54) is 0 Å². The highest BCUT2D eigenvalue weighted by Crippen LogP contribution is 2.28. The number of carbonyl (C=O) groups excluding carboxylic acids is 1. The number of halogens is 1. The normalized spacial score (nSPS) is 13.2. The molecule has 0 radical (unpaired) electrons. The van der Waals surface area contributed by atoms with Gasteiger partial charge < -0.3 is 4.74 Å².